The summed E-state index contributed by atoms with van der Waals surface area (Å²) in [6.07, 6.45) is 1.61. The highest BCUT2D eigenvalue weighted by Crippen LogP contribution is 2.30. The fourth-order valence-corrected chi connectivity index (χ4v) is 6.29. The number of aromatic nitrogens is 1. The quantitative estimate of drug-likeness (QED) is 0.404. The molecule has 6 nitrogen and oxygen atoms in total. The van der Waals surface area contributed by atoms with Crippen molar-refractivity contribution in [2.45, 2.75) is 16.7 Å². The van der Waals surface area contributed by atoms with Crippen LogP contribution in [0.3, 0.4) is 0 Å². The normalized spacial score (nSPS) is 12.4. The molecular weight excluding hydrogens is 468 g/mol. The number of hydrogen-bond acceptors (Lipinski definition) is 6. The molecular formula is C23H19ClN2O4S2. The Morgan fingerprint density at radius 3 is 2.28 bits per heavy atom. The van der Waals surface area contributed by atoms with Gasteiger partial charge in [0, 0.05) is 30.9 Å². The molecule has 0 saturated heterocycles. The van der Waals surface area contributed by atoms with Crippen LogP contribution in [0.1, 0.15) is 21.6 Å². The molecule has 0 atom stereocenters. The molecule has 2 heterocycles. The fourth-order valence-electron chi connectivity index (χ4n) is 3.29. The van der Waals surface area contributed by atoms with Crippen LogP contribution in [0.5, 0.6) is 0 Å². The first-order valence-electron chi connectivity index (χ1n) is 9.58. The van der Waals surface area contributed by atoms with Crippen LogP contribution in [-0.2, 0) is 9.84 Å². The molecule has 0 aliphatic carbocycles. The van der Waals surface area contributed by atoms with Gasteiger partial charge in [-0.25, -0.2) is 8.42 Å². The number of rotatable bonds is 5. The number of carbonyl (C=O) groups is 1. The molecule has 164 valence electrons. The summed E-state index contributed by atoms with van der Waals surface area (Å²) in [5.74, 6) is -0.465. The third kappa shape index (κ3) is 3.85. The first-order chi connectivity index (χ1) is 15.1. The average Bonchev–Trinajstić information content (AvgIpc) is 3.26. The Morgan fingerprint density at radius 2 is 1.69 bits per heavy atom. The molecule has 0 N–H and O–H groups in total. The first-order valence-corrected chi connectivity index (χ1v) is 12.3. The summed E-state index contributed by atoms with van der Waals surface area (Å²) >= 11 is 6.96. The van der Waals surface area contributed by atoms with Gasteiger partial charge in [-0.15, -0.1) is 11.3 Å². The van der Waals surface area contributed by atoms with Crippen LogP contribution < -0.4 is 10.1 Å². The van der Waals surface area contributed by atoms with E-state index < -0.39 is 21.2 Å². The summed E-state index contributed by atoms with van der Waals surface area (Å²) in [5, 5.41) is 0.465. The van der Waals surface area contributed by atoms with E-state index in [1.807, 2.05) is 6.92 Å². The largest absolute Gasteiger partial charge is 0.382 e. The summed E-state index contributed by atoms with van der Waals surface area (Å²) < 4.78 is 28.4. The van der Waals surface area contributed by atoms with Gasteiger partial charge < -0.3 is 4.90 Å². The van der Waals surface area contributed by atoms with E-state index in [0.29, 0.717) is 15.1 Å². The maximum Gasteiger partial charge on any atom is 0.275 e. The Hall–Kier alpha value is -2.94. The third-order valence-corrected chi connectivity index (χ3v) is 8.14. The highest BCUT2D eigenvalue weighted by atomic mass is 35.5. The Balaban J connectivity index is 2.02. The summed E-state index contributed by atoms with van der Waals surface area (Å²) in [6, 6.07) is 14.0. The zero-order chi connectivity index (χ0) is 23.2. The molecule has 9 heteroatoms. The van der Waals surface area contributed by atoms with Crippen molar-refractivity contribution >= 4 is 49.6 Å². The number of carbonyl (C=O) groups excluding carboxylic acids is 1. The van der Waals surface area contributed by atoms with Gasteiger partial charge in [0.15, 0.2) is 0 Å². The molecule has 2 aromatic heterocycles. The Kier molecular flexibility index (Phi) is 5.70. The second-order valence-electron chi connectivity index (χ2n) is 7.55. The minimum atomic E-state index is -3.97. The molecule has 4 rings (SSSR count). The van der Waals surface area contributed by atoms with Crippen LogP contribution in [0.25, 0.3) is 11.0 Å². The molecule has 0 aliphatic heterocycles. The van der Waals surface area contributed by atoms with Gasteiger partial charge >= 0.3 is 0 Å². The zero-order valence-corrected chi connectivity index (χ0v) is 19.9. The zero-order valence-electron chi connectivity index (χ0n) is 17.5. The van der Waals surface area contributed by atoms with E-state index in [1.54, 1.807) is 61.6 Å². The summed E-state index contributed by atoms with van der Waals surface area (Å²) in [7, 11) is -0.442. The topological polar surface area (TPSA) is 75.9 Å². The standard InChI is InChI=1S/C23H19ClN2O4S2/c1-14-4-10-17(11-5-14)32(29,30)20-12-18(21(27)15-6-8-16(24)9-7-15)26-22(28)19(13-25(2)3)31-23(20)26/h4-13H,1-3H3. The van der Waals surface area contributed by atoms with Crippen molar-refractivity contribution < 1.29 is 13.2 Å². The number of benzene rings is 2. The number of nitrogens with zero attached hydrogens (tertiary/aromatic N) is 2. The summed E-state index contributed by atoms with van der Waals surface area (Å²) in [5.41, 5.74) is 0.774. The number of thiazole rings is 1. The van der Waals surface area contributed by atoms with Crippen molar-refractivity contribution in [3.05, 3.63) is 91.3 Å². The van der Waals surface area contributed by atoms with E-state index in [-0.39, 0.29) is 20.3 Å². The maximum absolute atomic E-state index is 13.5. The SMILES string of the molecule is Cc1ccc(S(=O)(=O)c2cc(C(=O)c3ccc(Cl)cc3)n3c(=O)c(=CN(C)C)sc23)cc1. The minimum Gasteiger partial charge on any atom is -0.382 e. The maximum atomic E-state index is 13.5. The van der Waals surface area contributed by atoms with E-state index in [9.17, 15) is 18.0 Å². The third-order valence-electron chi connectivity index (χ3n) is 4.88. The minimum absolute atomic E-state index is 0.00679. The fraction of sp³-hybridized carbons (Fsp3) is 0.130. The van der Waals surface area contributed by atoms with Crippen molar-refractivity contribution in [1.29, 1.82) is 0 Å². The Morgan fingerprint density at radius 1 is 1.06 bits per heavy atom. The number of sulfone groups is 1. The van der Waals surface area contributed by atoms with Crippen LogP contribution in [0, 0.1) is 6.92 Å². The molecule has 32 heavy (non-hydrogen) atoms. The number of aryl methyl sites for hydroxylation is 1. The van der Waals surface area contributed by atoms with Gasteiger partial charge in [0.25, 0.3) is 5.56 Å². The van der Waals surface area contributed by atoms with Crippen molar-refractivity contribution in [3.8, 4) is 0 Å². The van der Waals surface area contributed by atoms with E-state index >= 15 is 0 Å². The van der Waals surface area contributed by atoms with Gasteiger partial charge in [-0.2, -0.15) is 0 Å². The summed E-state index contributed by atoms with van der Waals surface area (Å²) in [4.78, 5) is 28.3. The molecule has 0 unspecified atom stereocenters. The van der Waals surface area contributed by atoms with Crippen molar-refractivity contribution in [2.75, 3.05) is 14.1 Å². The second-order valence-corrected chi connectivity index (χ2v) is 10.9. The number of ketones is 1. The summed E-state index contributed by atoms with van der Waals surface area (Å²) in [6.45, 7) is 1.86. The highest BCUT2D eigenvalue weighted by molar-refractivity contribution is 7.91. The van der Waals surface area contributed by atoms with Crippen molar-refractivity contribution in [2.24, 2.45) is 0 Å². The molecule has 0 bridgehead atoms. The predicted molar refractivity (Wildman–Crippen MR) is 126 cm³/mol. The van der Waals surface area contributed by atoms with Crippen molar-refractivity contribution in [1.82, 2.24) is 9.30 Å². The lowest BCUT2D eigenvalue weighted by molar-refractivity contribution is 0.103. The van der Waals surface area contributed by atoms with E-state index in [1.165, 1.54) is 22.6 Å². The number of halogens is 1. The lowest BCUT2D eigenvalue weighted by Crippen LogP contribution is -2.27. The van der Waals surface area contributed by atoms with Crippen LogP contribution >= 0.6 is 22.9 Å². The van der Waals surface area contributed by atoms with Crippen molar-refractivity contribution in [3.63, 3.8) is 0 Å². The van der Waals surface area contributed by atoms with Gasteiger partial charge in [-0.3, -0.25) is 14.0 Å². The molecule has 0 amide bonds. The average molecular weight is 487 g/mol. The van der Waals surface area contributed by atoms with Crippen LogP contribution in [0.2, 0.25) is 5.02 Å². The monoisotopic (exact) mass is 486 g/mol. The second kappa shape index (κ2) is 8.20. The van der Waals surface area contributed by atoms with Gasteiger partial charge in [0.1, 0.15) is 14.3 Å². The molecule has 4 aromatic rings. The first kappa shape index (κ1) is 22.3. The molecule has 0 saturated carbocycles. The lowest BCUT2D eigenvalue weighted by Gasteiger charge is -2.03. The number of fused-ring (bicyclic) bond motifs is 1. The molecule has 0 fully saturated rings. The van der Waals surface area contributed by atoms with Crippen LogP contribution in [0.4, 0.5) is 0 Å². The highest BCUT2D eigenvalue weighted by Gasteiger charge is 2.29. The van der Waals surface area contributed by atoms with Gasteiger partial charge in [-0.1, -0.05) is 29.3 Å². The van der Waals surface area contributed by atoms with Crippen LogP contribution in [-0.4, -0.2) is 37.6 Å². The Labute approximate surface area is 193 Å². The lowest BCUT2D eigenvalue weighted by atomic mass is 10.1. The molecule has 0 aliphatic rings. The molecule has 2 aromatic carbocycles. The molecule has 0 spiro atoms. The Bertz CT molecular complexity index is 1550. The van der Waals surface area contributed by atoms with E-state index in [2.05, 4.69) is 0 Å². The smallest absolute Gasteiger partial charge is 0.275 e. The van der Waals surface area contributed by atoms with Gasteiger partial charge in [0.2, 0.25) is 15.6 Å². The number of hydrogen-bond donors (Lipinski definition) is 0. The van der Waals surface area contributed by atoms with Gasteiger partial charge in [-0.05, 0) is 49.4 Å². The van der Waals surface area contributed by atoms with Gasteiger partial charge in [0.05, 0.1) is 10.6 Å². The predicted octanol–water partition coefficient (Wildman–Crippen LogP) is 3.41. The van der Waals surface area contributed by atoms with Crippen LogP contribution in [0.15, 0.2) is 69.2 Å². The van der Waals surface area contributed by atoms with E-state index in [4.69, 9.17) is 11.6 Å². The van der Waals surface area contributed by atoms with E-state index in [0.717, 1.165) is 16.9 Å². The molecule has 0 radical (unpaired) electrons.